The molecule has 1 atom stereocenters. The largest absolute Gasteiger partial charge is 0.495 e. The van der Waals surface area contributed by atoms with Crippen LogP contribution in [0.1, 0.15) is 25.8 Å². The van der Waals surface area contributed by atoms with E-state index in [-0.39, 0.29) is 5.56 Å². The lowest BCUT2D eigenvalue weighted by Gasteiger charge is -2.17. The van der Waals surface area contributed by atoms with Gasteiger partial charge in [0, 0.05) is 16.2 Å². The third kappa shape index (κ3) is 3.07. The number of aromatic amines is 1. The molecular formula is C22H23N3O2S. The van der Waals surface area contributed by atoms with E-state index in [1.165, 1.54) is 0 Å². The number of aryl methyl sites for hydroxylation is 1. The van der Waals surface area contributed by atoms with Gasteiger partial charge in [0.25, 0.3) is 5.56 Å². The molecule has 2 heterocycles. The van der Waals surface area contributed by atoms with Crippen LogP contribution in [0.5, 0.6) is 5.75 Å². The fourth-order valence-electron chi connectivity index (χ4n) is 3.27. The van der Waals surface area contributed by atoms with E-state index in [2.05, 4.69) is 18.8 Å². The number of nitrogens with one attached hydrogen (secondary N) is 1. The number of methoxy groups -OCH3 is 1. The normalized spacial score (nSPS) is 12.6. The molecule has 2 aromatic heterocycles. The van der Waals surface area contributed by atoms with Gasteiger partial charge >= 0.3 is 0 Å². The molecule has 4 rings (SSSR count). The Morgan fingerprint density at radius 3 is 2.79 bits per heavy atom. The highest BCUT2D eigenvalue weighted by Crippen LogP contribution is 2.32. The third-order valence-corrected chi connectivity index (χ3v) is 6.17. The van der Waals surface area contributed by atoms with Gasteiger partial charge in [0.05, 0.1) is 12.8 Å². The van der Waals surface area contributed by atoms with Crippen molar-refractivity contribution in [3.63, 3.8) is 0 Å². The minimum atomic E-state index is -0.115. The molecule has 0 amide bonds. The lowest BCUT2D eigenvalue weighted by Crippen LogP contribution is -2.23. The maximum atomic E-state index is 13.6. The first-order chi connectivity index (χ1) is 13.5. The highest BCUT2D eigenvalue weighted by atomic mass is 32.2. The van der Waals surface area contributed by atoms with Gasteiger partial charge in [0.15, 0.2) is 5.16 Å². The Labute approximate surface area is 167 Å². The van der Waals surface area contributed by atoms with E-state index in [0.29, 0.717) is 32.9 Å². The fourth-order valence-corrected chi connectivity index (χ4v) is 4.23. The first-order valence-electron chi connectivity index (χ1n) is 9.38. The van der Waals surface area contributed by atoms with Crippen LogP contribution in [0.4, 0.5) is 0 Å². The zero-order valence-corrected chi connectivity index (χ0v) is 17.3. The number of hydrogen-bond acceptors (Lipinski definition) is 4. The van der Waals surface area contributed by atoms with Crippen LogP contribution < -0.4 is 10.3 Å². The topological polar surface area (TPSA) is 59.9 Å². The number of benzene rings is 2. The average Bonchev–Trinajstić information content (AvgIpc) is 3.07. The van der Waals surface area contributed by atoms with Gasteiger partial charge in [0.2, 0.25) is 0 Å². The first-order valence-corrected chi connectivity index (χ1v) is 10.3. The van der Waals surface area contributed by atoms with Gasteiger partial charge in [-0.15, -0.1) is 0 Å². The van der Waals surface area contributed by atoms with Crippen molar-refractivity contribution >= 4 is 33.7 Å². The van der Waals surface area contributed by atoms with Crippen LogP contribution in [0, 0.1) is 6.92 Å². The Hall–Kier alpha value is -2.73. The van der Waals surface area contributed by atoms with Crippen LogP contribution in [0.15, 0.2) is 52.4 Å². The van der Waals surface area contributed by atoms with Gasteiger partial charge in [0.1, 0.15) is 16.8 Å². The Bertz CT molecular complexity index is 1230. The van der Waals surface area contributed by atoms with Gasteiger partial charge in [-0.3, -0.25) is 4.79 Å². The summed E-state index contributed by atoms with van der Waals surface area (Å²) < 4.78 is 7.24. The van der Waals surface area contributed by atoms with Crippen molar-refractivity contribution in [2.24, 2.45) is 0 Å². The summed E-state index contributed by atoms with van der Waals surface area (Å²) in [5.41, 5.74) is 3.80. The molecule has 1 N–H and O–H groups in total. The lowest BCUT2D eigenvalue weighted by atomic mass is 10.2. The smallest absolute Gasteiger partial charge is 0.283 e. The zero-order chi connectivity index (χ0) is 19.8. The van der Waals surface area contributed by atoms with Crippen LogP contribution in [0.3, 0.4) is 0 Å². The second-order valence-electron chi connectivity index (χ2n) is 6.94. The summed E-state index contributed by atoms with van der Waals surface area (Å²) in [5.74, 6) is 0.649. The number of para-hydroxylation sites is 1. The zero-order valence-electron chi connectivity index (χ0n) is 16.4. The van der Waals surface area contributed by atoms with Crippen LogP contribution in [-0.4, -0.2) is 26.9 Å². The molecule has 0 aliphatic rings. The molecule has 1 unspecified atom stereocenters. The molecule has 28 heavy (non-hydrogen) atoms. The molecule has 0 radical (unpaired) electrons. The van der Waals surface area contributed by atoms with Crippen molar-refractivity contribution in [2.45, 2.75) is 37.6 Å². The van der Waals surface area contributed by atoms with E-state index >= 15 is 0 Å². The summed E-state index contributed by atoms with van der Waals surface area (Å²) in [5, 5.41) is 1.97. The average molecular weight is 394 g/mol. The molecule has 0 spiro atoms. The summed E-state index contributed by atoms with van der Waals surface area (Å²) in [4.78, 5) is 21.8. The second kappa shape index (κ2) is 7.36. The highest BCUT2D eigenvalue weighted by Gasteiger charge is 2.20. The molecule has 144 valence electrons. The van der Waals surface area contributed by atoms with Crippen molar-refractivity contribution in [2.75, 3.05) is 7.11 Å². The molecule has 0 aliphatic heterocycles. The van der Waals surface area contributed by atoms with Crippen LogP contribution in [-0.2, 0) is 0 Å². The Morgan fingerprint density at radius 2 is 2.04 bits per heavy atom. The summed E-state index contributed by atoms with van der Waals surface area (Å²) >= 11 is 1.61. The summed E-state index contributed by atoms with van der Waals surface area (Å²) in [6.07, 6.45) is 0.984. The van der Waals surface area contributed by atoms with E-state index in [0.717, 1.165) is 22.9 Å². The predicted octanol–water partition coefficient (Wildman–Crippen LogP) is 5.07. The van der Waals surface area contributed by atoms with E-state index in [9.17, 15) is 4.79 Å². The summed E-state index contributed by atoms with van der Waals surface area (Å²) in [6, 6.07) is 13.7. The maximum Gasteiger partial charge on any atom is 0.283 e. The molecule has 0 saturated carbocycles. The van der Waals surface area contributed by atoms with Crippen LogP contribution >= 0.6 is 11.8 Å². The third-order valence-electron chi connectivity index (χ3n) is 4.95. The summed E-state index contributed by atoms with van der Waals surface area (Å²) in [6.45, 7) is 6.29. The number of rotatable bonds is 5. The Balaban J connectivity index is 2.10. The minimum absolute atomic E-state index is 0.115. The van der Waals surface area contributed by atoms with Gasteiger partial charge < -0.3 is 9.72 Å². The standard InChI is InChI=1S/C22H23N3O2S/c1-5-14(3)28-22-24-19-15-8-6-7-9-16(15)23-20(19)21(26)25(22)17-12-13(2)10-11-18(17)27-4/h6-12,14,23H,5H2,1-4H3. The number of nitrogens with zero attached hydrogens (tertiary/aromatic N) is 2. The fraction of sp³-hybridized carbons (Fsp3) is 0.273. The minimum Gasteiger partial charge on any atom is -0.495 e. The van der Waals surface area contributed by atoms with E-state index < -0.39 is 0 Å². The van der Waals surface area contributed by atoms with Crippen molar-refractivity contribution in [3.05, 3.63) is 58.4 Å². The number of hydrogen-bond donors (Lipinski definition) is 1. The number of H-pyrrole nitrogens is 1. The molecule has 0 saturated heterocycles. The van der Waals surface area contributed by atoms with Crippen molar-refractivity contribution < 1.29 is 4.74 Å². The van der Waals surface area contributed by atoms with Crippen molar-refractivity contribution in [3.8, 4) is 11.4 Å². The lowest BCUT2D eigenvalue weighted by molar-refractivity contribution is 0.411. The molecular weight excluding hydrogens is 370 g/mol. The second-order valence-corrected chi connectivity index (χ2v) is 8.35. The number of thioether (sulfide) groups is 1. The van der Waals surface area contributed by atoms with Crippen molar-refractivity contribution in [1.29, 1.82) is 0 Å². The molecule has 2 aromatic carbocycles. The Morgan fingerprint density at radius 1 is 1.25 bits per heavy atom. The highest BCUT2D eigenvalue weighted by molar-refractivity contribution is 7.99. The van der Waals surface area contributed by atoms with Gasteiger partial charge in [-0.2, -0.15) is 0 Å². The Kier molecular flexibility index (Phi) is 4.89. The van der Waals surface area contributed by atoms with Gasteiger partial charge in [-0.25, -0.2) is 9.55 Å². The molecule has 4 aromatic rings. The van der Waals surface area contributed by atoms with E-state index in [4.69, 9.17) is 9.72 Å². The molecule has 0 aliphatic carbocycles. The van der Waals surface area contributed by atoms with E-state index in [1.807, 2.05) is 49.4 Å². The van der Waals surface area contributed by atoms with Crippen LogP contribution in [0.25, 0.3) is 27.6 Å². The first kappa shape index (κ1) is 18.6. The SMILES string of the molecule is CCC(C)Sc1nc2c([nH]c3ccccc32)c(=O)n1-c1cc(C)ccc1OC. The molecule has 0 fully saturated rings. The van der Waals surface area contributed by atoms with Crippen LogP contribution in [0.2, 0.25) is 0 Å². The maximum absolute atomic E-state index is 13.6. The number of fused-ring (bicyclic) bond motifs is 3. The van der Waals surface area contributed by atoms with Gasteiger partial charge in [-0.05, 0) is 37.1 Å². The quantitative estimate of drug-likeness (QED) is 0.380. The number of ether oxygens (including phenoxy) is 1. The molecule has 5 nitrogen and oxygen atoms in total. The monoisotopic (exact) mass is 393 g/mol. The summed E-state index contributed by atoms with van der Waals surface area (Å²) in [7, 11) is 1.62. The molecule has 6 heteroatoms. The van der Waals surface area contributed by atoms with Gasteiger partial charge in [-0.1, -0.05) is 49.9 Å². The molecule has 0 bridgehead atoms. The van der Waals surface area contributed by atoms with Crippen molar-refractivity contribution in [1.82, 2.24) is 14.5 Å². The van der Waals surface area contributed by atoms with E-state index in [1.54, 1.807) is 23.4 Å². The predicted molar refractivity (Wildman–Crippen MR) is 116 cm³/mol. The number of aromatic nitrogens is 3.